The molecule has 0 saturated carbocycles. The third-order valence-electron chi connectivity index (χ3n) is 3.52. The van der Waals surface area contributed by atoms with Crippen LogP contribution < -0.4 is 10.6 Å². The monoisotopic (exact) mass is 267 g/mol. The molecule has 1 atom stereocenters. The van der Waals surface area contributed by atoms with Crippen LogP contribution in [0.3, 0.4) is 0 Å². The fourth-order valence-electron chi connectivity index (χ4n) is 2.45. The number of nitrogens with zero attached hydrogens (tertiary/aromatic N) is 2. The van der Waals surface area contributed by atoms with Gasteiger partial charge >= 0.3 is 0 Å². The predicted molar refractivity (Wildman–Crippen MR) is 70.9 cm³/mol. The van der Waals surface area contributed by atoms with Gasteiger partial charge in [0.2, 0.25) is 0 Å². The molecule has 4 N–H and O–H groups in total. The van der Waals surface area contributed by atoms with Crippen LogP contribution in [-0.2, 0) is 0 Å². The summed E-state index contributed by atoms with van der Waals surface area (Å²) in [4.78, 5) is 1.96. The molecular formula is C13H18FN3O2. The second-order valence-electron chi connectivity index (χ2n) is 4.76. The highest BCUT2D eigenvalue weighted by molar-refractivity contribution is 5.97. The number of aliphatic hydroxyl groups excluding tert-OH is 1. The Morgan fingerprint density at radius 2 is 2.32 bits per heavy atom. The van der Waals surface area contributed by atoms with Crippen molar-refractivity contribution in [2.75, 3.05) is 24.6 Å². The normalized spacial score (nSPS) is 20.0. The van der Waals surface area contributed by atoms with Crippen LogP contribution in [0, 0.1) is 11.7 Å². The molecule has 0 aromatic heterocycles. The Bertz CT molecular complexity index is 479. The van der Waals surface area contributed by atoms with Crippen LogP contribution in [0.4, 0.5) is 10.1 Å². The molecule has 5 nitrogen and oxygen atoms in total. The van der Waals surface area contributed by atoms with Crippen LogP contribution in [0.2, 0.25) is 0 Å². The molecule has 104 valence electrons. The largest absolute Gasteiger partial charge is 0.409 e. The van der Waals surface area contributed by atoms with Gasteiger partial charge in [0.05, 0.1) is 5.69 Å². The van der Waals surface area contributed by atoms with Gasteiger partial charge in [-0.15, -0.1) is 0 Å². The standard InChI is InChI=1S/C13H18FN3O2/c14-11-7-10(13(15)16-19)1-2-12(11)17-5-3-9(8-17)4-6-18/h1-2,7,9,18-19H,3-6,8H2,(H2,15,16). The maximum atomic E-state index is 14.0. The van der Waals surface area contributed by atoms with Crippen molar-refractivity contribution in [3.63, 3.8) is 0 Å². The van der Waals surface area contributed by atoms with E-state index in [1.807, 2.05) is 4.90 Å². The molecule has 1 saturated heterocycles. The Morgan fingerprint density at radius 1 is 1.53 bits per heavy atom. The van der Waals surface area contributed by atoms with Gasteiger partial charge in [-0.25, -0.2) is 4.39 Å². The zero-order valence-electron chi connectivity index (χ0n) is 10.6. The minimum atomic E-state index is -0.381. The zero-order valence-corrected chi connectivity index (χ0v) is 10.6. The molecule has 1 fully saturated rings. The Labute approximate surface area is 111 Å². The van der Waals surface area contributed by atoms with Gasteiger partial charge < -0.3 is 20.9 Å². The van der Waals surface area contributed by atoms with Crippen molar-refractivity contribution in [2.45, 2.75) is 12.8 Å². The Morgan fingerprint density at radius 3 is 2.95 bits per heavy atom. The van der Waals surface area contributed by atoms with Crippen LogP contribution in [0.15, 0.2) is 23.4 Å². The van der Waals surface area contributed by atoms with Crippen molar-refractivity contribution in [3.05, 3.63) is 29.6 Å². The number of amidine groups is 1. The first-order valence-electron chi connectivity index (χ1n) is 6.29. The molecular weight excluding hydrogens is 249 g/mol. The molecule has 1 aromatic carbocycles. The van der Waals surface area contributed by atoms with Crippen LogP contribution in [0.5, 0.6) is 0 Å². The van der Waals surface area contributed by atoms with E-state index < -0.39 is 0 Å². The summed E-state index contributed by atoms with van der Waals surface area (Å²) in [6.45, 7) is 1.70. The Hall–Kier alpha value is -1.82. The highest BCUT2D eigenvalue weighted by Gasteiger charge is 2.24. The molecule has 1 aliphatic rings. The lowest BCUT2D eigenvalue weighted by atomic mass is 10.1. The molecule has 0 bridgehead atoms. The molecule has 1 unspecified atom stereocenters. The third kappa shape index (κ3) is 2.96. The first-order chi connectivity index (χ1) is 9.15. The average molecular weight is 267 g/mol. The first kappa shape index (κ1) is 13.6. The smallest absolute Gasteiger partial charge is 0.170 e. The quantitative estimate of drug-likeness (QED) is 0.330. The summed E-state index contributed by atoms with van der Waals surface area (Å²) in [6.07, 6.45) is 1.71. The third-order valence-corrected chi connectivity index (χ3v) is 3.52. The van der Waals surface area contributed by atoms with Crippen molar-refractivity contribution in [1.82, 2.24) is 0 Å². The molecule has 6 heteroatoms. The van der Waals surface area contributed by atoms with Crippen LogP contribution in [0.1, 0.15) is 18.4 Å². The number of rotatable bonds is 4. The van der Waals surface area contributed by atoms with Gasteiger partial charge in [-0.05, 0) is 37.0 Å². The number of nitrogens with two attached hydrogens (primary N) is 1. The lowest BCUT2D eigenvalue weighted by Gasteiger charge is -2.19. The maximum Gasteiger partial charge on any atom is 0.170 e. The lowest BCUT2D eigenvalue weighted by Crippen LogP contribution is -2.22. The highest BCUT2D eigenvalue weighted by Crippen LogP contribution is 2.28. The zero-order chi connectivity index (χ0) is 13.8. The van der Waals surface area contributed by atoms with Crippen molar-refractivity contribution in [2.24, 2.45) is 16.8 Å². The highest BCUT2D eigenvalue weighted by atomic mass is 19.1. The fraction of sp³-hybridized carbons (Fsp3) is 0.462. The van der Waals surface area contributed by atoms with Crippen LogP contribution in [-0.4, -0.2) is 35.8 Å². The van der Waals surface area contributed by atoms with Gasteiger partial charge in [-0.1, -0.05) is 5.16 Å². The Balaban J connectivity index is 2.14. The maximum absolute atomic E-state index is 14.0. The van der Waals surface area contributed by atoms with Crippen molar-refractivity contribution in [3.8, 4) is 0 Å². The second-order valence-corrected chi connectivity index (χ2v) is 4.76. The molecule has 0 spiro atoms. The summed E-state index contributed by atoms with van der Waals surface area (Å²) < 4.78 is 14.0. The minimum absolute atomic E-state index is 0.106. The fourth-order valence-corrected chi connectivity index (χ4v) is 2.45. The first-order valence-corrected chi connectivity index (χ1v) is 6.29. The van der Waals surface area contributed by atoms with E-state index in [0.29, 0.717) is 17.2 Å². The van der Waals surface area contributed by atoms with Crippen LogP contribution >= 0.6 is 0 Å². The van der Waals surface area contributed by atoms with Gasteiger partial charge in [-0.3, -0.25) is 0 Å². The predicted octanol–water partition coefficient (Wildman–Crippen LogP) is 1.13. The summed E-state index contributed by atoms with van der Waals surface area (Å²) in [7, 11) is 0. The van der Waals surface area contributed by atoms with Crippen molar-refractivity contribution < 1.29 is 14.7 Å². The van der Waals surface area contributed by atoms with Gasteiger partial charge in [0.15, 0.2) is 5.84 Å². The van der Waals surface area contributed by atoms with E-state index in [-0.39, 0.29) is 18.3 Å². The van der Waals surface area contributed by atoms with E-state index in [4.69, 9.17) is 16.0 Å². The number of hydrogen-bond acceptors (Lipinski definition) is 4. The molecule has 2 rings (SSSR count). The van der Waals surface area contributed by atoms with Gasteiger partial charge in [0.1, 0.15) is 5.82 Å². The number of aliphatic hydroxyl groups is 1. The number of hydrogen-bond donors (Lipinski definition) is 3. The van der Waals surface area contributed by atoms with Gasteiger partial charge in [0.25, 0.3) is 0 Å². The summed E-state index contributed by atoms with van der Waals surface area (Å²) in [5.74, 6) is -0.0769. The molecule has 1 heterocycles. The van der Waals surface area contributed by atoms with Gasteiger partial charge in [0, 0.05) is 25.3 Å². The molecule has 1 aliphatic heterocycles. The minimum Gasteiger partial charge on any atom is -0.409 e. The van der Waals surface area contributed by atoms with Crippen molar-refractivity contribution >= 4 is 11.5 Å². The molecule has 0 radical (unpaired) electrons. The van der Waals surface area contributed by atoms with E-state index in [1.54, 1.807) is 12.1 Å². The molecule has 0 amide bonds. The van der Waals surface area contributed by atoms with E-state index >= 15 is 0 Å². The van der Waals surface area contributed by atoms with E-state index in [1.165, 1.54) is 6.07 Å². The van der Waals surface area contributed by atoms with Crippen LogP contribution in [0.25, 0.3) is 0 Å². The van der Waals surface area contributed by atoms with E-state index in [2.05, 4.69) is 5.16 Å². The number of benzene rings is 1. The Kier molecular flexibility index (Phi) is 4.21. The van der Waals surface area contributed by atoms with E-state index in [0.717, 1.165) is 25.9 Å². The summed E-state index contributed by atoms with van der Waals surface area (Å²) >= 11 is 0. The lowest BCUT2D eigenvalue weighted by molar-refractivity contribution is 0.263. The summed E-state index contributed by atoms with van der Waals surface area (Å²) in [6, 6.07) is 4.54. The summed E-state index contributed by atoms with van der Waals surface area (Å²) in [5, 5.41) is 20.3. The number of oxime groups is 1. The molecule has 19 heavy (non-hydrogen) atoms. The average Bonchev–Trinajstić information content (AvgIpc) is 2.86. The van der Waals surface area contributed by atoms with E-state index in [9.17, 15) is 4.39 Å². The van der Waals surface area contributed by atoms with Gasteiger partial charge in [-0.2, -0.15) is 0 Å². The van der Waals surface area contributed by atoms with Crippen molar-refractivity contribution in [1.29, 1.82) is 0 Å². The molecule has 1 aromatic rings. The number of halogens is 1. The molecule has 0 aliphatic carbocycles. The SMILES string of the molecule is N/C(=N/O)c1ccc(N2CCC(CCO)C2)c(F)c1. The summed E-state index contributed by atoms with van der Waals surface area (Å²) in [5.41, 5.74) is 6.30. The topological polar surface area (TPSA) is 82.1 Å². The second kappa shape index (κ2) is 5.88. The number of anilines is 1.